The predicted octanol–water partition coefficient (Wildman–Crippen LogP) is 4.32. The van der Waals surface area contributed by atoms with Gasteiger partial charge in [-0.05, 0) is 25.2 Å². The Morgan fingerprint density at radius 3 is 2.61 bits per heavy atom. The number of hydrogen-bond acceptors (Lipinski definition) is 9. The molecule has 9 nitrogen and oxygen atoms in total. The van der Waals surface area contributed by atoms with E-state index in [0.717, 1.165) is 42.9 Å². The lowest BCUT2D eigenvalue weighted by molar-refractivity contribution is 0.0271. The molecule has 0 radical (unpaired) electrons. The van der Waals surface area contributed by atoms with Gasteiger partial charge in [0.05, 0.1) is 47.3 Å². The molecule has 0 spiro atoms. The molecule has 6 rings (SSSR count). The van der Waals surface area contributed by atoms with Gasteiger partial charge in [-0.15, -0.1) is 0 Å². The molecule has 0 bridgehead atoms. The van der Waals surface area contributed by atoms with Gasteiger partial charge in [-0.3, -0.25) is 0 Å². The number of methoxy groups -OCH3 is 1. The second-order valence-electron chi connectivity index (χ2n) is 9.68. The van der Waals surface area contributed by atoms with Crippen molar-refractivity contribution >= 4 is 51.3 Å². The molecule has 4 atom stereocenters. The van der Waals surface area contributed by atoms with Crippen LogP contribution in [0.5, 0.6) is 11.5 Å². The molecule has 1 aromatic heterocycles. The highest BCUT2D eigenvalue weighted by atomic mass is 35.5. The third-order valence-corrected chi connectivity index (χ3v) is 8.08. The van der Waals surface area contributed by atoms with Crippen LogP contribution >= 0.6 is 23.2 Å². The summed E-state index contributed by atoms with van der Waals surface area (Å²) < 4.78 is 37.0. The maximum absolute atomic E-state index is 14.0. The zero-order valence-corrected chi connectivity index (χ0v) is 22.5. The quantitative estimate of drug-likeness (QED) is 0.471. The number of nitrogens with one attached hydrogen (secondary N) is 1. The molecule has 38 heavy (non-hydrogen) atoms. The minimum absolute atomic E-state index is 0.0110. The van der Waals surface area contributed by atoms with Crippen LogP contribution in [0.25, 0.3) is 10.9 Å². The molecule has 3 aromatic rings. The third-order valence-electron chi connectivity index (χ3n) is 7.29. The number of nitrogens with zero attached hydrogens (tertiary/aromatic N) is 4. The molecule has 0 unspecified atom stereocenters. The number of fused-ring (bicyclic) bond motifs is 2. The summed E-state index contributed by atoms with van der Waals surface area (Å²) in [6.45, 7) is 3.73. The van der Waals surface area contributed by atoms with Crippen LogP contribution in [0.1, 0.15) is 0 Å². The van der Waals surface area contributed by atoms with E-state index < -0.39 is 24.5 Å². The summed E-state index contributed by atoms with van der Waals surface area (Å²) in [6.07, 6.45) is -1.18. The summed E-state index contributed by atoms with van der Waals surface area (Å²) in [7, 11) is 3.66. The smallest absolute Gasteiger partial charge is 0.164 e. The Morgan fingerprint density at radius 1 is 1.03 bits per heavy atom. The molecule has 0 amide bonds. The van der Waals surface area contributed by atoms with E-state index in [4.69, 9.17) is 42.1 Å². The molecule has 12 heteroatoms. The van der Waals surface area contributed by atoms with Gasteiger partial charge in [0.1, 0.15) is 24.4 Å². The van der Waals surface area contributed by atoms with Gasteiger partial charge in [-0.25, -0.2) is 14.4 Å². The van der Waals surface area contributed by atoms with E-state index in [2.05, 4.69) is 32.1 Å². The molecule has 4 heterocycles. The number of halogens is 3. The van der Waals surface area contributed by atoms with Crippen LogP contribution in [0.2, 0.25) is 10.0 Å². The lowest BCUT2D eigenvalue weighted by atomic mass is 10.1. The minimum Gasteiger partial charge on any atom is -0.493 e. The molecule has 3 aliphatic rings. The van der Waals surface area contributed by atoms with Gasteiger partial charge in [-0.2, -0.15) is 0 Å². The van der Waals surface area contributed by atoms with Crippen molar-refractivity contribution in [2.24, 2.45) is 0 Å². The Morgan fingerprint density at radius 2 is 1.82 bits per heavy atom. The number of alkyl halides is 1. The van der Waals surface area contributed by atoms with Crippen molar-refractivity contribution < 1.29 is 23.3 Å². The van der Waals surface area contributed by atoms with Gasteiger partial charge in [0.15, 0.2) is 23.8 Å². The summed E-state index contributed by atoms with van der Waals surface area (Å²) in [5, 5.41) is 5.16. The number of aromatic nitrogens is 2. The number of anilines is 3. The number of benzene rings is 2. The standard InChI is InChI=1S/C26H28Cl2FN5O4/c1-33-5-7-34(8-6-33)23-17(4-3-15(27)22(23)28)32-26-14-9-19(35-2)20(10-18(14)30-13-31-26)38-21-12-37-24-16(29)11-36-25(21)24/h3-4,9-10,13,16,21,24-25H,5-8,11-12H2,1-2H3,(H,30,31,32)/t16-,21-,24+,25+/m0/s1. The van der Waals surface area contributed by atoms with E-state index in [1.807, 2.05) is 12.1 Å². The molecule has 0 aliphatic carbocycles. The SMILES string of the molecule is COc1cc2c(Nc3ccc(Cl)c(Cl)c3N3CCN(C)CC3)ncnc2cc1O[C@H]1CO[C@H]2[C@@H]1OC[C@@H]2F. The average Bonchev–Trinajstić information content (AvgIpc) is 3.49. The maximum Gasteiger partial charge on any atom is 0.164 e. The molecule has 3 fully saturated rings. The molecule has 3 aliphatic heterocycles. The first-order valence-corrected chi connectivity index (χ1v) is 13.2. The van der Waals surface area contributed by atoms with Crippen molar-refractivity contribution in [3.63, 3.8) is 0 Å². The summed E-state index contributed by atoms with van der Waals surface area (Å²) in [4.78, 5) is 13.5. The molecular weight excluding hydrogens is 536 g/mol. The van der Waals surface area contributed by atoms with E-state index in [-0.39, 0.29) is 13.2 Å². The monoisotopic (exact) mass is 563 g/mol. The van der Waals surface area contributed by atoms with Gasteiger partial charge in [0.2, 0.25) is 0 Å². The van der Waals surface area contributed by atoms with Crippen LogP contribution in [-0.4, -0.2) is 92.9 Å². The summed E-state index contributed by atoms with van der Waals surface area (Å²) in [6, 6.07) is 7.28. The Labute approximate surface area is 229 Å². The fourth-order valence-electron chi connectivity index (χ4n) is 5.20. The van der Waals surface area contributed by atoms with Gasteiger partial charge >= 0.3 is 0 Å². The maximum atomic E-state index is 14.0. The lowest BCUT2D eigenvalue weighted by Crippen LogP contribution is -2.44. The third kappa shape index (κ3) is 4.69. The second kappa shape index (κ2) is 10.5. The van der Waals surface area contributed by atoms with Crippen molar-refractivity contribution in [2.45, 2.75) is 24.5 Å². The molecule has 1 N–H and O–H groups in total. The highest BCUT2D eigenvalue weighted by molar-refractivity contribution is 6.44. The van der Waals surface area contributed by atoms with Gasteiger partial charge in [0.25, 0.3) is 0 Å². The van der Waals surface area contributed by atoms with Crippen LogP contribution in [0.3, 0.4) is 0 Å². The van der Waals surface area contributed by atoms with Crippen molar-refractivity contribution in [1.29, 1.82) is 0 Å². The average molecular weight is 564 g/mol. The predicted molar refractivity (Wildman–Crippen MR) is 144 cm³/mol. The van der Waals surface area contributed by atoms with Crippen LogP contribution in [0, 0.1) is 0 Å². The first-order chi connectivity index (χ1) is 18.4. The molecule has 3 saturated heterocycles. The molecular formula is C26H28Cl2FN5O4. The van der Waals surface area contributed by atoms with E-state index in [1.54, 1.807) is 19.2 Å². The Kier molecular flexibility index (Phi) is 7.09. The summed E-state index contributed by atoms with van der Waals surface area (Å²) in [5.41, 5.74) is 2.27. The first-order valence-electron chi connectivity index (χ1n) is 12.5. The lowest BCUT2D eigenvalue weighted by Gasteiger charge is -2.35. The van der Waals surface area contributed by atoms with E-state index >= 15 is 0 Å². The van der Waals surface area contributed by atoms with Crippen LogP contribution in [-0.2, 0) is 9.47 Å². The highest BCUT2D eigenvalue weighted by Gasteiger charge is 2.49. The van der Waals surface area contributed by atoms with Crippen LogP contribution in [0.15, 0.2) is 30.6 Å². The van der Waals surface area contributed by atoms with Crippen LogP contribution in [0.4, 0.5) is 21.6 Å². The van der Waals surface area contributed by atoms with Gasteiger partial charge < -0.3 is 34.1 Å². The number of hydrogen-bond donors (Lipinski definition) is 1. The Balaban J connectivity index is 1.32. The van der Waals surface area contributed by atoms with Crippen molar-refractivity contribution in [3.05, 3.63) is 40.6 Å². The second-order valence-corrected chi connectivity index (χ2v) is 10.5. The molecule has 202 valence electrons. The Hall–Kier alpha value is -2.63. The Bertz CT molecular complexity index is 1340. The molecule has 0 saturated carbocycles. The highest BCUT2D eigenvalue weighted by Crippen LogP contribution is 2.42. The van der Waals surface area contributed by atoms with Gasteiger partial charge in [0, 0.05) is 37.6 Å². The topological polar surface area (TPSA) is 81.2 Å². The van der Waals surface area contributed by atoms with E-state index in [0.29, 0.717) is 32.9 Å². The minimum atomic E-state index is -1.15. The fourth-order valence-corrected chi connectivity index (χ4v) is 5.64. The summed E-state index contributed by atoms with van der Waals surface area (Å²) in [5.74, 6) is 1.54. The van der Waals surface area contributed by atoms with Gasteiger partial charge in [-0.1, -0.05) is 23.2 Å². The number of ether oxygens (including phenoxy) is 4. The molecule has 2 aromatic carbocycles. The summed E-state index contributed by atoms with van der Waals surface area (Å²) >= 11 is 13.1. The largest absolute Gasteiger partial charge is 0.493 e. The zero-order valence-electron chi connectivity index (χ0n) is 21.0. The number of piperazine rings is 1. The number of rotatable bonds is 6. The van der Waals surface area contributed by atoms with Crippen molar-refractivity contribution in [1.82, 2.24) is 14.9 Å². The number of likely N-dealkylation sites (N-methyl/N-ethyl adjacent to an activating group) is 1. The first kappa shape index (κ1) is 25.6. The van der Waals surface area contributed by atoms with E-state index in [1.165, 1.54) is 6.33 Å². The zero-order chi connectivity index (χ0) is 26.4. The van der Waals surface area contributed by atoms with Crippen molar-refractivity contribution in [2.75, 3.05) is 63.8 Å². The van der Waals surface area contributed by atoms with E-state index in [9.17, 15) is 4.39 Å². The normalized spacial score (nSPS) is 25.6. The van der Waals surface area contributed by atoms with Crippen molar-refractivity contribution in [3.8, 4) is 11.5 Å². The van der Waals surface area contributed by atoms with Crippen LogP contribution < -0.4 is 19.7 Å². The fraction of sp³-hybridized carbons (Fsp3) is 0.462.